The molecule has 0 unspecified atom stereocenters. The average molecular weight is 525 g/mol. The maximum absolute atomic E-state index is 12.9. The predicted molar refractivity (Wildman–Crippen MR) is 136 cm³/mol. The third-order valence-corrected chi connectivity index (χ3v) is 6.72. The molecule has 0 spiro atoms. The highest BCUT2D eigenvalue weighted by atomic mass is 35.5. The molecule has 0 aliphatic carbocycles. The van der Waals surface area contributed by atoms with Gasteiger partial charge in [0.15, 0.2) is 11.5 Å². The van der Waals surface area contributed by atoms with Gasteiger partial charge < -0.3 is 9.47 Å². The van der Waals surface area contributed by atoms with Gasteiger partial charge in [0.2, 0.25) is 0 Å². The van der Waals surface area contributed by atoms with E-state index in [1.54, 1.807) is 66.7 Å². The fourth-order valence-corrected chi connectivity index (χ4v) is 4.71. The molecule has 3 aromatic rings. The molecule has 0 saturated carbocycles. The minimum Gasteiger partial charge on any atom is -0.493 e. The van der Waals surface area contributed by atoms with Crippen LogP contribution in [0.3, 0.4) is 0 Å². The number of carbonyl (C=O) groups excluding carboxylic acids is 2. The van der Waals surface area contributed by atoms with Crippen LogP contribution in [0.2, 0.25) is 10.0 Å². The first-order valence-electron chi connectivity index (χ1n) is 10.4. The average Bonchev–Trinajstić information content (AvgIpc) is 3.11. The van der Waals surface area contributed by atoms with E-state index in [9.17, 15) is 14.9 Å². The van der Waals surface area contributed by atoms with Crippen molar-refractivity contribution in [2.24, 2.45) is 0 Å². The van der Waals surface area contributed by atoms with Crippen molar-refractivity contribution >= 4 is 52.2 Å². The lowest BCUT2D eigenvalue weighted by atomic mass is 10.1. The summed E-state index contributed by atoms with van der Waals surface area (Å²) in [5.41, 5.74) is 2.48. The van der Waals surface area contributed by atoms with E-state index in [1.807, 2.05) is 0 Å². The first-order valence-corrected chi connectivity index (χ1v) is 11.9. The van der Waals surface area contributed by atoms with Gasteiger partial charge in [0.25, 0.3) is 11.1 Å². The van der Waals surface area contributed by atoms with Gasteiger partial charge >= 0.3 is 0 Å². The second-order valence-corrected chi connectivity index (χ2v) is 9.31. The normalized spacial score (nSPS) is 14.3. The summed E-state index contributed by atoms with van der Waals surface area (Å²) in [5.74, 6) is 0.548. The highest BCUT2D eigenvalue weighted by Gasteiger charge is 2.35. The van der Waals surface area contributed by atoms with Gasteiger partial charge in [-0.1, -0.05) is 53.5 Å². The topological polar surface area (TPSA) is 79.6 Å². The first-order chi connectivity index (χ1) is 16.9. The van der Waals surface area contributed by atoms with Gasteiger partial charge in [-0.05, 0) is 59.3 Å². The fourth-order valence-electron chi connectivity index (χ4n) is 3.41. The van der Waals surface area contributed by atoms with E-state index in [0.717, 1.165) is 22.2 Å². The highest BCUT2D eigenvalue weighted by molar-refractivity contribution is 8.18. The predicted octanol–water partition coefficient (Wildman–Crippen LogP) is 6.69. The maximum Gasteiger partial charge on any atom is 0.293 e. The highest BCUT2D eigenvalue weighted by Crippen LogP contribution is 2.36. The first kappa shape index (κ1) is 24.7. The van der Waals surface area contributed by atoms with E-state index in [2.05, 4.69) is 6.07 Å². The summed E-state index contributed by atoms with van der Waals surface area (Å²) < 4.78 is 11.3. The van der Waals surface area contributed by atoms with Crippen molar-refractivity contribution in [3.05, 3.63) is 97.9 Å². The van der Waals surface area contributed by atoms with Crippen LogP contribution < -0.4 is 9.47 Å². The molecule has 0 aromatic heterocycles. The lowest BCUT2D eigenvalue weighted by Crippen LogP contribution is -2.27. The van der Waals surface area contributed by atoms with Gasteiger partial charge in [0, 0.05) is 15.6 Å². The van der Waals surface area contributed by atoms with Crippen molar-refractivity contribution in [1.82, 2.24) is 4.90 Å². The molecule has 1 fully saturated rings. The van der Waals surface area contributed by atoms with Crippen molar-refractivity contribution in [3.8, 4) is 17.6 Å². The largest absolute Gasteiger partial charge is 0.493 e. The Morgan fingerprint density at radius 1 is 1.03 bits per heavy atom. The zero-order valence-electron chi connectivity index (χ0n) is 18.5. The van der Waals surface area contributed by atoms with Crippen LogP contribution in [-0.2, 0) is 17.9 Å². The Labute approximate surface area is 216 Å². The molecule has 0 N–H and O–H groups in total. The number of nitriles is 1. The van der Waals surface area contributed by atoms with Gasteiger partial charge in [0.05, 0.1) is 30.2 Å². The number of imide groups is 1. The molecule has 1 aliphatic rings. The second kappa shape index (κ2) is 10.9. The Bertz CT molecular complexity index is 1380. The third kappa shape index (κ3) is 5.63. The number of amides is 2. The zero-order valence-corrected chi connectivity index (χ0v) is 20.8. The van der Waals surface area contributed by atoms with E-state index < -0.39 is 5.91 Å². The number of hydrogen-bond donors (Lipinski definition) is 0. The van der Waals surface area contributed by atoms with E-state index in [4.69, 9.17) is 32.7 Å². The Kier molecular flexibility index (Phi) is 7.67. The van der Waals surface area contributed by atoms with E-state index in [0.29, 0.717) is 38.2 Å². The molecule has 2 amide bonds. The number of methoxy groups -OCH3 is 1. The fraction of sp³-hybridized carbons (Fsp3) is 0.115. The molecular weight excluding hydrogens is 507 g/mol. The molecule has 9 heteroatoms. The summed E-state index contributed by atoms with van der Waals surface area (Å²) >= 11 is 13.0. The monoisotopic (exact) mass is 524 g/mol. The lowest BCUT2D eigenvalue weighted by Gasteiger charge is -2.13. The van der Waals surface area contributed by atoms with Crippen LogP contribution in [0.4, 0.5) is 4.79 Å². The number of nitrogens with zero attached hydrogens (tertiary/aromatic N) is 2. The van der Waals surface area contributed by atoms with Crippen LogP contribution in [0.25, 0.3) is 6.08 Å². The van der Waals surface area contributed by atoms with Gasteiger partial charge in [-0.3, -0.25) is 14.5 Å². The lowest BCUT2D eigenvalue weighted by molar-refractivity contribution is -0.123. The summed E-state index contributed by atoms with van der Waals surface area (Å²) in [6, 6.07) is 19.3. The van der Waals surface area contributed by atoms with Gasteiger partial charge in [-0.15, -0.1) is 0 Å². The smallest absolute Gasteiger partial charge is 0.293 e. The Morgan fingerprint density at radius 2 is 1.83 bits per heavy atom. The number of hydrogen-bond acceptors (Lipinski definition) is 6. The minimum absolute atomic E-state index is 0.0368. The molecule has 0 bridgehead atoms. The van der Waals surface area contributed by atoms with Gasteiger partial charge in [-0.2, -0.15) is 5.26 Å². The zero-order chi connectivity index (χ0) is 24.9. The molecule has 3 aromatic carbocycles. The number of halogens is 2. The summed E-state index contributed by atoms with van der Waals surface area (Å²) in [6.07, 6.45) is 1.63. The Morgan fingerprint density at radius 3 is 2.57 bits per heavy atom. The number of rotatable bonds is 7. The van der Waals surface area contributed by atoms with Crippen LogP contribution in [0.1, 0.15) is 22.3 Å². The Hall–Kier alpha value is -3.44. The number of carbonyl (C=O) groups is 2. The SMILES string of the molecule is COc1cc(/C=C2/SC(=O)N(Cc3ccccc3C#N)C2=O)ccc1OCc1ccc(Cl)cc1Cl. The van der Waals surface area contributed by atoms with Crippen molar-refractivity contribution in [3.63, 3.8) is 0 Å². The summed E-state index contributed by atoms with van der Waals surface area (Å²) in [7, 11) is 1.52. The van der Waals surface area contributed by atoms with Gasteiger partial charge in [0.1, 0.15) is 6.61 Å². The molecule has 176 valence electrons. The standard InChI is InChI=1S/C26H18Cl2N2O4S/c1-33-23-10-16(6-9-22(23)34-15-19-7-8-20(27)12-21(19)28)11-24-25(31)30(26(32)35-24)14-18-5-3-2-4-17(18)13-29/h2-12H,14-15H2,1H3/b24-11+. The molecule has 0 radical (unpaired) electrons. The van der Waals surface area contributed by atoms with Gasteiger partial charge in [-0.25, -0.2) is 0 Å². The van der Waals surface area contributed by atoms with Crippen LogP contribution in [0, 0.1) is 11.3 Å². The van der Waals surface area contributed by atoms with Crippen LogP contribution >= 0.6 is 35.0 Å². The quantitative estimate of drug-likeness (QED) is 0.320. The molecule has 35 heavy (non-hydrogen) atoms. The van der Waals surface area contributed by atoms with Crippen LogP contribution in [0.5, 0.6) is 11.5 Å². The maximum atomic E-state index is 12.9. The van der Waals surface area contributed by atoms with E-state index >= 15 is 0 Å². The molecule has 6 nitrogen and oxygen atoms in total. The minimum atomic E-state index is -0.413. The molecular formula is C26H18Cl2N2O4S. The molecule has 4 rings (SSSR count). The number of benzene rings is 3. The van der Waals surface area contributed by atoms with E-state index in [1.165, 1.54) is 7.11 Å². The summed E-state index contributed by atoms with van der Waals surface area (Å²) in [6.45, 7) is 0.254. The van der Waals surface area contributed by atoms with E-state index in [-0.39, 0.29) is 23.3 Å². The van der Waals surface area contributed by atoms with Crippen molar-refractivity contribution in [2.75, 3.05) is 7.11 Å². The molecule has 1 aliphatic heterocycles. The third-order valence-electron chi connectivity index (χ3n) is 5.22. The van der Waals surface area contributed by atoms with Crippen molar-refractivity contribution in [2.45, 2.75) is 13.2 Å². The molecule has 1 heterocycles. The van der Waals surface area contributed by atoms with Crippen molar-refractivity contribution < 1.29 is 19.1 Å². The summed E-state index contributed by atoms with van der Waals surface area (Å²) in [5, 5.41) is 9.94. The second-order valence-electron chi connectivity index (χ2n) is 7.47. The molecule has 0 atom stereocenters. The number of thioether (sulfide) groups is 1. The van der Waals surface area contributed by atoms with Crippen molar-refractivity contribution in [1.29, 1.82) is 5.26 Å². The summed E-state index contributed by atoms with van der Waals surface area (Å²) in [4.78, 5) is 26.9. The number of ether oxygens (including phenoxy) is 2. The van der Waals surface area contributed by atoms with Crippen LogP contribution in [0.15, 0.2) is 65.6 Å². The Balaban J connectivity index is 1.50. The molecule has 1 saturated heterocycles. The van der Waals surface area contributed by atoms with Crippen LogP contribution in [-0.4, -0.2) is 23.2 Å².